The molecule has 5 nitrogen and oxygen atoms in total. The Balaban J connectivity index is 2.23. The van der Waals surface area contributed by atoms with Crippen LogP contribution in [0.1, 0.15) is 5.56 Å². The van der Waals surface area contributed by atoms with Crippen LogP contribution >= 0.6 is 15.9 Å². The molecule has 0 saturated carbocycles. The number of benzene rings is 1. The normalized spacial score (nSPS) is 27.4. The number of rotatable bonds is 3. The average molecular weight is 388 g/mol. The topological polar surface area (TPSA) is 55.6 Å². The second kappa shape index (κ2) is 5.10. The van der Waals surface area contributed by atoms with Crippen LogP contribution in [0, 0.1) is 0 Å². The van der Waals surface area contributed by atoms with E-state index < -0.39 is 29.1 Å². The summed E-state index contributed by atoms with van der Waals surface area (Å²) in [5.41, 5.74) is -2.19. The number of methoxy groups -OCH3 is 2. The lowest BCUT2D eigenvalue weighted by atomic mass is 9.89. The second-order valence-corrected chi connectivity index (χ2v) is 6.14. The van der Waals surface area contributed by atoms with Crippen molar-refractivity contribution < 1.29 is 27.8 Å². The number of halogens is 3. The number of fused-ring (bicyclic) bond motifs is 1. The molecule has 0 amide bonds. The highest BCUT2D eigenvalue weighted by Crippen LogP contribution is 2.63. The van der Waals surface area contributed by atoms with Crippen LogP contribution in [0.5, 0.6) is 0 Å². The number of esters is 2. The highest BCUT2D eigenvalue weighted by Gasteiger charge is 2.76. The van der Waals surface area contributed by atoms with E-state index >= 15 is 0 Å². The van der Waals surface area contributed by atoms with Gasteiger partial charge in [-0.1, -0.05) is 28.1 Å². The first-order valence-corrected chi connectivity index (χ1v) is 7.43. The van der Waals surface area contributed by atoms with E-state index in [0.717, 1.165) is 23.6 Å². The Morgan fingerprint density at radius 3 is 2.13 bits per heavy atom. The summed E-state index contributed by atoms with van der Waals surface area (Å²) >= 11 is 3.27. The van der Waals surface area contributed by atoms with Crippen molar-refractivity contribution in [3.05, 3.63) is 45.4 Å². The molecule has 122 valence electrons. The Morgan fingerprint density at radius 2 is 1.61 bits per heavy atom. The molecule has 2 atom stereocenters. The molecule has 0 aromatic heterocycles. The summed E-state index contributed by atoms with van der Waals surface area (Å²) in [5, 5.41) is 0. The third kappa shape index (κ3) is 2.05. The summed E-state index contributed by atoms with van der Waals surface area (Å²) < 4.78 is 39.0. The van der Waals surface area contributed by atoms with Gasteiger partial charge in [0.05, 0.1) is 25.3 Å². The quantitative estimate of drug-likeness (QED) is 0.452. The number of alkyl halides is 2. The van der Waals surface area contributed by atoms with E-state index in [1.54, 1.807) is 24.3 Å². The zero-order chi connectivity index (χ0) is 17.0. The Bertz CT molecular complexity index is 731. The number of carbonyl (C=O) groups is 2. The number of hydrogen-bond donors (Lipinski definition) is 0. The van der Waals surface area contributed by atoms with Crippen molar-refractivity contribution in [1.82, 2.24) is 4.90 Å². The number of carbonyl (C=O) groups excluding carboxylic acids is 2. The van der Waals surface area contributed by atoms with Crippen LogP contribution in [-0.2, 0) is 24.6 Å². The predicted octanol–water partition coefficient (Wildman–Crippen LogP) is 2.21. The van der Waals surface area contributed by atoms with E-state index in [2.05, 4.69) is 25.4 Å². The maximum atomic E-state index is 14.6. The average Bonchev–Trinajstić information content (AvgIpc) is 3.24. The fraction of sp³-hybridized carbons (Fsp3) is 0.333. The first kappa shape index (κ1) is 16.1. The van der Waals surface area contributed by atoms with Crippen molar-refractivity contribution >= 4 is 27.9 Å². The Kier molecular flexibility index (Phi) is 3.57. The van der Waals surface area contributed by atoms with Crippen LogP contribution in [0.3, 0.4) is 0 Å². The van der Waals surface area contributed by atoms with Gasteiger partial charge in [0, 0.05) is 11.0 Å². The van der Waals surface area contributed by atoms with Crippen molar-refractivity contribution in [2.75, 3.05) is 20.8 Å². The predicted molar refractivity (Wildman–Crippen MR) is 78.5 cm³/mol. The van der Waals surface area contributed by atoms with Crippen LogP contribution < -0.4 is 0 Å². The molecule has 1 saturated heterocycles. The molecule has 2 aliphatic heterocycles. The molecule has 8 heteroatoms. The zero-order valence-electron chi connectivity index (χ0n) is 12.2. The van der Waals surface area contributed by atoms with Crippen LogP contribution in [0.4, 0.5) is 8.78 Å². The van der Waals surface area contributed by atoms with Gasteiger partial charge in [0.15, 0.2) is 0 Å². The van der Waals surface area contributed by atoms with E-state index in [1.165, 1.54) is 0 Å². The van der Waals surface area contributed by atoms with Crippen LogP contribution in [0.15, 0.2) is 39.9 Å². The summed E-state index contributed by atoms with van der Waals surface area (Å²) in [6.45, 7) is -0.0768. The number of nitrogens with zero attached hydrogens (tertiary/aromatic N) is 1. The number of ether oxygens (including phenoxy) is 2. The molecule has 2 aliphatic rings. The van der Waals surface area contributed by atoms with Gasteiger partial charge >= 0.3 is 18.0 Å². The molecule has 1 aromatic rings. The van der Waals surface area contributed by atoms with Gasteiger partial charge in [0.2, 0.25) is 0 Å². The lowest BCUT2D eigenvalue weighted by Gasteiger charge is -2.15. The third-order valence-corrected chi connectivity index (χ3v) is 4.68. The fourth-order valence-electron chi connectivity index (χ4n) is 3.06. The Hall–Kier alpha value is -1.80. The first-order valence-electron chi connectivity index (χ1n) is 6.64. The third-order valence-electron chi connectivity index (χ3n) is 4.15. The van der Waals surface area contributed by atoms with Crippen molar-refractivity contribution in [1.29, 1.82) is 0 Å². The van der Waals surface area contributed by atoms with Crippen molar-refractivity contribution in [2.45, 2.75) is 11.6 Å². The molecule has 0 N–H and O–H groups in total. The van der Waals surface area contributed by atoms with Crippen molar-refractivity contribution in [3.8, 4) is 0 Å². The maximum Gasteiger partial charge on any atom is 0.342 e. The molecule has 0 spiro atoms. The van der Waals surface area contributed by atoms with Gasteiger partial charge in [-0.25, -0.2) is 14.5 Å². The SMILES string of the molecule is COC(=O)C1=C(C(=O)OC)C2(c3ccc(Br)cc3)CN2C1(F)F. The zero-order valence-corrected chi connectivity index (χ0v) is 13.8. The Morgan fingerprint density at radius 1 is 1.09 bits per heavy atom. The molecule has 0 bridgehead atoms. The molecular formula is C15H12BrF2NO4. The van der Waals surface area contributed by atoms with Gasteiger partial charge in [-0.2, -0.15) is 8.78 Å². The highest BCUT2D eigenvalue weighted by atomic mass is 79.9. The van der Waals surface area contributed by atoms with Crippen molar-refractivity contribution in [2.24, 2.45) is 0 Å². The minimum Gasteiger partial charge on any atom is -0.466 e. The van der Waals surface area contributed by atoms with Gasteiger partial charge in [-0.15, -0.1) is 0 Å². The molecule has 0 radical (unpaired) electrons. The highest BCUT2D eigenvalue weighted by molar-refractivity contribution is 9.10. The van der Waals surface area contributed by atoms with E-state index in [9.17, 15) is 18.4 Å². The largest absolute Gasteiger partial charge is 0.466 e. The molecule has 3 rings (SSSR count). The van der Waals surface area contributed by atoms with E-state index in [4.69, 9.17) is 0 Å². The summed E-state index contributed by atoms with van der Waals surface area (Å²) in [6, 6.07) is 3.03. The smallest absolute Gasteiger partial charge is 0.342 e. The van der Waals surface area contributed by atoms with Gasteiger partial charge < -0.3 is 9.47 Å². The molecule has 23 heavy (non-hydrogen) atoms. The molecule has 0 aliphatic carbocycles. The Labute approximate surface area is 139 Å². The minimum absolute atomic E-state index is 0.0768. The molecule has 1 aromatic carbocycles. The second-order valence-electron chi connectivity index (χ2n) is 5.23. The van der Waals surface area contributed by atoms with Gasteiger partial charge in [0.1, 0.15) is 5.57 Å². The standard InChI is InChI=1S/C15H12BrF2NO4/c1-22-12(20)10-11(13(21)23-2)15(17,18)19-7-14(10,19)8-3-5-9(16)6-4-8/h3-6H,7H2,1-2H3. The summed E-state index contributed by atoms with van der Waals surface area (Å²) in [5.74, 6) is -2.20. The van der Waals surface area contributed by atoms with Gasteiger partial charge in [-0.05, 0) is 17.7 Å². The van der Waals surface area contributed by atoms with Crippen molar-refractivity contribution in [3.63, 3.8) is 0 Å². The maximum absolute atomic E-state index is 14.6. The molecular weight excluding hydrogens is 376 g/mol. The molecule has 1 fully saturated rings. The number of hydrogen-bond acceptors (Lipinski definition) is 5. The molecule has 2 unspecified atom stereocenters. The van der Waals surface area contributed by atoms with E-state index in [0.29, 0.717) is 5.56 Å². The van der Waals surface area contributed by atoms with E-state index in [-0.39, 0.29) is 12.1 Å². The monoisotopic (exact) mass is 387 g/mol. The van der Waals surface area contributed by atoms with Crippen LogP contribution in [0.25, 0.3) is 0 Å². The summed E-state index contributed by atoms with van der Waals surface area (Å²) in [4.78, 5) is 24.8. The van der Waals surface area contributed by atoms with E-state index in [1.807, 2.05) is 0 Å². The van der Waals surface area contributed by atoms with Gasteiger partial charge in [0.25, 0.3) is 0 Å². The first-order chi connectivity index (χ1) is 10.8. The fourth-order valence-corrected chi connectivity index (χ4v) is 3.32. The lowest BCUT2D eigenvalue weighted by Crippen LogP contribution is -2.32. The lowest BCUT2D eigenvalue weighted by molar-refractivity contribution is -0.144. The summed E-state index contributed by atoms with van der Waals surface area (Å²) in [7, 11) is 2.08. The van der Waals surface area contributed by atoms with Gasteiger partial charge in [-0.3, -0.25) is 0 Å². The summed E-state index contributed by atoms with van der Waals surface area (Å²) in [6.07, 6.45) is 0. The van der Waals surface area contributed by atoms with Crippen LogP contribution in [0.2, 0.25) is 0 Å². The minimum atomic E-state index is -3.59. The van der Waals surface area contributed by atoms with Crippen LogP contribution in [-0.4, -0.2) is 43.6 Å². The molecule has 2 heterocycles.